The van der Waals surface area contributed by atoms with Crippen LogP contribution >= 0.6 is 0 Å². The van der Waals surface area contributed by atoms with Crippen LogP contribution in [-0.4, -0.2) is 33.9 Å². The number of carbonyl (C=O) groups is 1. The van der Waals surface area contributed by atoms with Crippen LogP contribution in [0.5, 0.6) is 5.75 Å². The number of nitrogens with one attached hydrogen (secondary N) is 1. The molecule has 1 amide bonds. The Morgan fingerprint density at radius 1 is 1.07 bits per heavy atom. The largest absolute Gasteiger partial charge is 0.489 e. The standard InChI is InChI=1S/C23H26N4O2/c1-16(2)29-21-13-9-8-12-19(21)26-22-14-20(24-17(3)25-22)23(28)27(4)15-18-10-6-5-7-11-18/h5-14,16H,15H2,1-4H3,(H,24,25,26). The quantitative estimate of drug-likeness (QED) is 0.639. The van der Waals surface area contributed by atoms with Crippen molar-refractivity contribution in [3.63, 3.8) is 0 Å². The van der Waals surface area contributed by atoms with Crippen molar-refractivity contribution in [2.45, 2.75) is 33.4 Å². The van der Waals surface area contributed by atoms with Crippen LogP contribution in [0.15, 0.2) is 60.7 Å². The highest BCUT2D eigenvalue weighted by atomic mass is 16.5. The topological polar surface area (TPSA) is 67.4 Å². The van der Waals surface area contributed by atoms with Gasteiger partial charge in [0.1, 0.15) is 23.1 Å². The normalized spacial score (nSPS) is 10.7. The minimum Gasteiger partial charge on any atom is -0.489 e. The van der Waals surface area contributed by atoms with Gasteiger partial charge in [-0.05, 0) is 38.5 Å². The number of carbonyl (C=O) groups excluding carboxylic acids is 1. The predicted molar refractivity (Wildman–Crippen MR) is 114 cm³/mol. The molecule has 150 valence electrons. The average molecular weight is 390 g/mol. The maximum absolute atomic E-state index is 12.9. The van der Waals surface area contributed by atoms with Gasteiger partial charge in [0.05, 0.1) is 11.8 Å². The number of hydrogen-bond donors (Lipinski definition) is 1. The van der Waals surface area contributed by atoms with Crippen LogP contribution in [0.4, 0.5) is 11.5 Å². The fourth-order valence-electron chi connectivity index (χ4n) is 2.93. The maximum atomic E-state index is 12.9. The van der Waals surface area contributed by atoms with E-state index < -0.39 is 0 Å². The van der Waals surface area contributed by atoms with E-state index >= 15 is 0 Å². The van der Waals surface area contributed by atoms with Crippen LogP contribution in [0.1, 0.15) is 35.7 Å². The van der Waals surface area contributed by atoms with Gasteiger partial charge >= 0.3 is 0 Å². The van der Waals surface area contributed by atoms with Crippen molar-refractivity contribution in [2.24, 2.45) is 0 Å². The van der Waals surface area contributed by atoms with Crippen molar-refractivity contribution in [3.05, 3.63) is 77.7 Å². The SMILES string of the molecule is Cc1nc(Nc2ccccc2OC(C)C)cc(C(=O)N(C)Cc2ccccc2)n1. The average Bonchev–Trinajstić information content (AvgIpc) is 2.69. The predicted octanol–water partition coefficient (Wildman–Crippen LogP) is 4.59. The van der Waals surface area contributed by atoms with Crippen molar-refractivity contribution >= 4 is 17.4 Å². The minimum atomic E-state index is -0.158. The van der Waals surface area contributed by atoms with Gasteiger partial charge < -0.3 is 15.0 Å². The zero-order valence-corrected chi connectivity index (χ0v) is 17.2. The molecule has 0 unspecified atom stereocenters. The van der Waals surface area contributed by atoms with Crippen LogP contribution in [0.25, 0.3) is 0 Å². The van der Waals surface area contributed by atoms with Gasteiger partial charge in [-0.3, -0.25) is 4.79 Å². The fourth-order valence-corrected chi connectivity index (χ4v) is 2.93. The van der Waals surface area contributed by atoms with Gasteiger partial charge in [-0.25, -0.2) is 9.97 Å². The third-order valence-electron chi connectivity index (χ3n) is 4.18. The summed E-state index contributed by atoms with van der Waals surface area (Å²) in [6.07, 6.45) is 0.0499. The lowest BCUT2D eigenvalue weighted by Crippen LogP contribution is -2.27. The van der Waals surface area contributed by atoms with Crippen molar-refractivity contribution in [3.8, 4) is 5.75 Å². The molecule has 3 rings (SSSR count). The van der Waals surface area contributed by atoms with Gasteiger partial charge in [0.15, 0.2) is 0 Å². The molecule has 0 aliphatic heterocycles. The Morgan fingerprint density at radius 3 is 2.48 bits per heavy atom. The Bertz CT molecular complexity index is 974. The molecule has 3 aromatic rings. The van der Waals surface area contributed by atoms with Crippen LogP contribution in [0.2, 0.25) is 0 Å². The third kappa shape index (κ3) is 5.54. The number of hydrogen-bond acceptors (Lipinski definition) is 5. The number of amides is 1. The highest BCUT2D eigenvalue weighted by Crippen LogP contribution is 2.28. The lowest BCUT2D eigenvalue weighted by molar-refractivity contribution is 0.0779. The molecule has 0 spiro atoms. The van der Waals surface area contributed by atoms with E-state index in [0.717, 1.165) is 17.0 Å². The van der Waals surface area contributed by atoms with Gasteiger partial charge in [0.2, 0.25) is 0 Å². The molecule has 1 heterocycles. The monoisotopic (exact) mass is 390 g/mol. The number of anilines is 2. The third-order valence-corrected chi connectivity index (χ3v) is 4.18. The van der Waals surface area contributed by atoms with E-state index in [0.29, 0.717) is 23.9 Å². The highest BCUT2D eigenvalue weighted by molar-refractivity contribution is 5.93. The molecule has 6 heteroatoms. The number of aromatic nitrogens is 2. The molecule has 6 nitrogen and oxygen atoms in total. The van der Waals surface area contributed by atoms with Crippen LogP contribution in [0.3, 0.4) is 0 Å². The second kappa shape index (κ2) is 9.19. The molecule has 0 bridgehead atoms. The molecule has 0 atom stereocenters. The van der Waals surface area contributed by atoms with Crippen LogP contribution in [-0.2, 0) is 6.54 Å². The number of ether oxygens (including phenoxy) is 1. The highest BCUT2D eigenvalue weighted by Gasteiger charge is 2.16. The zero-order valence-electron chi connectivity index (χ0n) is 17.2. The van der Waals surface area contributed by atoms with E-state index in [1.54, 1.807) is 24.9 Å². The smallest absolute Gasteiger partial charge is 0.272 e. The molecule has 0 saturated carbocycles. The summed E-state index contributed by atoms with van der Waals surface area (Å²) in [6, 6.07) is 19.2. The number of para-hydroxylation sites is 2. The first kappa shape index (κ1) is 20.3. The van der Waals surface area contributed by atoms with E-state index in [9.17, 15) is 4.79 Å². The molecule has 1 N–H and O–H groups in total. The Balaban J connectivity index is 1.80. The van der Waals surface area contributed by atoms with E-state index in [4.69, 9.17) is 4.74 Å². The number of rotatable bonds is 7. The molecule has 0 radical (unpaired) electrons. The molecular weight excluding hydrogens is 364 g/mol. The van der Waals surface area contributed by atoms with Crippen molar-refractivity contribution in [1.29, 1.82) is 0 Å². The number of aryl methyl sites for hydroxylation is 1. The number of nitrogens with zero attached hydrogens (tertiary/aromatic N) is 3. The first-order valence-corrected chi connectivity index (χ1v) is 9.60. The van der Waals surface area contributed by atoms with Crippen molar-refractivity contribution in [2.75, 3.05) is 12.4 Å². The Labute approximate surface area is 171 Å². The first-order valence-electron chi connectivity index (χ1n) is 9.60. The molecule has 2 aromatic carbocycles. The van der Waals surface area contributed by atoms with E-state index in [2.05, 4.69) is 15.3 Å². The number of benzene rings is 2. The molecular formula is C23H26N4O2. The Morgan fingerprint density at radius 2 is 1.76 bits per heavy atom. The summed E-state index contributed by atoms with van der Waals surface area (Å²) in [7, 11) is 1.77. The van der Waals surface area contributed by atoms with Gasteiger partial charge in [-0.2, -0.15) is 0 Å². The maximum Gasteiger partial charge on any atom is 0.272 e. The Hall–Kier alpha value is -3.41. The lowest BCUT2D eigenvalue weighted by atomic mass is 10.2. The van der Waals surface area contributed by atoms with E-state index in [-0.39, 0.29) is 12.0 Å². The second-order valence-electron chi connectivity index (χ2n) is 7.12. The Kier molecular flexibility index (Phi) is 6.44. The summed E-state index contributed by atoms with van der Waals surface area (Å²) >= 11 is 0. The van der Waals surface area contributed by atoms with Crippen molar-refractivity contribution in [1.82, 2.24) is 14.9 Å². The van der Waals surface area contributed by atoms with Gasteiger partial charge in [-0.15, -0.1) is 0 Å². The first-order chi connectivity index (χ1) is 13.9. The summed E-state index contributed by atoms with van der Waals surface area (Å²) in [6.45, 7) is 6.24. The van der Waals surface area contributed by atoms with Crippen molar-refractivity contribution < 1.29 is 9.53 Å². The summed E-state index contributed by atoms with van der Waals surface area (Å²) < 4.78 is 5.85. The summed E-state index contributed by atoms with van der Waals surface area (Å²) in [5.74, 6) is 1.64. The zero-order chi connectivity index (χ0) is 20.8. The van der Waals surface area contributed by atoms with Gasteiger partial charge in [0.25, 0.3) is 5.91 Å². The van der Waals surface area contributed by atoms with Gasteiger partial charge in [-0.1, -0.05) is 42.5 Å². The van der Waals surface area contributed by atoms with E-state index in [1.165, 1.54) is 0 Å². The van der Waals surface area contributed by atoms with Crippen LogP contribution in [0, 0.1) is 6.92 Å². The summed E-state index contributed by atoms with van der Waals surface area (Å²) in [4.78, 5) is 23.3. The van der Waals surface area contributed by atoms with Gasteiger partial charge in [0, 0.05) is 19.7 Å². The molecule has 0 fully saturated rings. The second-order valence-corrected chi connectivity index (χ2v) is 7.12. The summed E-state index contributed by atoms with van der Waals surface area (Å²) in [5, 5.41) is 3.26. The molecule has 0 aliphatic rings. The molecule has 0 saturated heterocycles. The molecule has 29 heavy (non-hydrogen) atoms. The fraction of sp³-hybridized carbons (Fsp3) is 0.261. The lowest BCUT2D eigenvalue weighted by Gasteiger charge is -2.18. The molecule has 1 aromatic heterocycles. The van der Waals surface area contributed by atoms with E-state index in [1.807, 2.05) is 68.4 Å². The molecule has 0 aliphatic carbocycles. The summed E-state index contributed by atoms with van der Waals surface area (Å²) in [5.41, 5.74) is 2.20. The minimum absolute atomic E-state index is 0.0499. The van der Waals surface area contributed by atoms with Crippen LogP contribution < -0.4 is 10.1 Å².